The van der Waals surface area contributed by atoms with Crippen LogP contribution in [0.5, 0.6) is 5.75 Å². The number of aryl methyl sites for hydroxylation is 1. The van der Waals surface area contributed by atoms with Crippen LogP contribution >= 0.6 is 0 Å². The summed E-state index contributed by atoms with van der Waals surface area (Å²) >= 11 is 0. The van der Waals surface area contributed by atoms with Gasteiger partial charge in [-0.3, -0.25) is 4.79 Å². The van der Waals surface area contributed by atoms with E-state index in [9.17, 15) is 20.1 Å². The summed E-state index contributed by atoms with van der Waals surface area (Å²) in [5.41, 5.74) is 4.58. The van der Waals surface area contributed by atoms with E-state index in [4.69, 9.17) is 18.9 Å². The number of methoxy groups -OCH3 is 1. The highest BCUT2D eigenvalue weighted by atomic mass is 28.4. The molecule has 0 spiro atoms. The lowest BCUT2D eigenvalue weighted by Crippen LogP contribution is -2.68. The summed E-state index contributed by atoms with van der Waals surface area (Å²) in [5, 5.41) is 42.9. The van der Waals surface area contributed by atoms with E-state index >= 15 is 0 Å². The molecule has 7 rings (SSSR count). The van der Waals surface area contributed by atoms with Gasteiger partial charge < -0.3 is 54.2 Å². The number of aliphatic hydroxyl groups is 3. The number of anilines is 4. The molecular weight excluding hydrogens is 839 g/mol. The predicted octanol–water partition coefficient (Wildman–Crippen LogP) is 5.53. The fraction of sp³-hybridized carbons (Fsp3) is 0.380. The third-order valence-electron chi connectivity index (χ3n) is 12.3. The van der Waals surface area contributed by atoms with Crippen molar-refractivity contribution in [2.45, 2.75) is 69.2 Å². The van der Waals surface area contributed by atoms with E-state index in [0.717, 1.165) is 44.8 Å². The zero-order valence-electron chi connectivity index (χ0n) is 38.6. The summed E-state index contributed by atoms with van der Waals surface area (Å²) < 4.78 is 21.4. The zero-order chi connectivity index (χ0) is 46.5. The maximum absolute atomic E-state index is 14.0. The Kier molecular flexibility index (Phi) is 14.7. The largest absolute Gasteiger partial charge is 0.494 e. The van der Waals surface area contributed by atoms with E-state index in [0.29, 0.717) is 29.6 Å². The highest BCUT2D eigenvalue weighted by Gasteiger charge is 2.52. The summed E-state index contributed by atoms with van der Waals surface area (Å²) in [7, 11) is 6.52. The minimum absolute atomic E-state index is 0.0419. The first-order chi connectivity index (χ1) is 31.1. The van der Waals surface area contributed by atoms with E-state index in [1.54, 1.807) is 19.4 Å². The fourth-order valence-corrected chi connectivity index (χ4v) is 13.4. The van der Waals surface area contributed by atoms with Crippen LogP contribution < -0.4 is 30.6 Å². The van der Waals surface area contributed by atoms with Crippen molar-refractivity contribution >= 4 is 58.5 Å². The lowest BCUT2D eigenvalue weighted by molar-refractivity contribution is -0.229. The molecule has 6 aromatic rings. The molecule has 5 atom stereocenters. The Morgan fingerprint density at radius 3 is 2.14 bits per heavy atom. The van der Waals surface area contributed by atoms with Crippen LogP contribution in [0.25, 0.3) is 22.2 Å². The van der Waals surface area contributed by atoms with Gasteiger partial charge in [0, 0.05) is 68.5 Å². The Morgan fingerprint density at radius 1 is 0.846 bits per heavy atom. The van der Waals surface area contributed by atoms with Gasteiger partial charge in [-0.2, -0.15) is 0 Å². The van der Waals surface area contributed by atoms with E-state index in [2.05, 4.69) is 88.5 Å². The number of carbonyl (C=O) groups excluding carboxylic acids is 1. The molecule has 0 saturated carbocycles. The van der Waals surface area contributed by atoms with Crippen LogP contribution in [0.4, 0.5) is 23.0 Å². The molecule has 1 fully saturated rings. The molecule has 14 nitrogen and oxygen atoms in total. The van der Waals surface area contributed by atoms with Gasteiger partial charge in [0.15, 0.2) is 0 Å². The Labute approximate surface area is 383 Å². The molecule has 0 unspecified atom stereocenters. The van der Waals surface area contributed by atoms with Crippen molar-refractivity contribution in [1.82, 2.24) is 19.4 Å². The first kappa shape index (κ1) is 47.3. The number of likely N-dealkylation sites (N-methyl/N-ethyl adjacent to an activating group) is 2. The number of carbonyl (C=O) groups is 1. The van der Waals surface area contributed by atoms with Crippen LogP contribution in [-0.2, 0) is 21.0 Å². The maximum atomic E-state index is 14.0. The van der Waals surface area contributed by atoms with Crippen molar-refractivity contribution in [1.29, 1.82) is 0 Å². The smallest absolute Gasteiger partial charge is 0.261 e. The average molecular weight is 902 g/mol. The number of hydrogen-bond acceptors (Lipinski definition) is 12. The lowest BCUT2D eigenvalue weighted by atomic mass is 9.93. The zero-order valence-corrected chi connectivity index (χ0v) is 39.6. The number of hydrogen-bond donors (Lipinski definition) is 5. The minimum atomic E-state index is -3.02. The molecule has 344 valence electrons. The van der Waals surface area contributed by atoms with Gasteiger partial charge in [0.1, 0.15) is 30.2 Å². The Morgan fingerprint density at radius 2 is 1.49 bits per heavy atom. The molecular formula is C50H63N7O7Si. The molecule has 1 amide bonds. The molecule has 1 aliphatic rings. The second kappa shape index (κ2) is 20.2. The average Bonchev–Trinajstić information content (AvgIpc) is 3.64. The van der Waals surface area contributed by atoms with Crippen molar-refractivity contribution in [3.05, 3.63) is 116 Å². The highest BCUT2D eigenvalue weighted by molar-refractivity contribution is 6.99. The highest BCUT2D eigenvalue weighted by Crippen LogP contribution is 2.40. The first-order valence-corrected chi connectivity index (χ1v) is 24.0. The third-order valence-corrected chi connectivity index (χ3v) is 17.3. The maximum Gasteiger partial charge on any atom is 0.261 e. The molecule has 4 aromatic carbocycles. The Balaban J connectivity index is 1.10. The quantitative estimate of drug-likeness (QED) is 0.0729. The molecule has 0 radical (unpaired) electrons. The lowest BCUT2D eigenvalue weighted by Gasteiger charge is -2.46. The van der Waals surface area contributed by atoms with Crippen molar-refractivity contribution < 1.29 is 34.0 Å². The van der Waals surface area contributed by atoms with Crippen LogP contribution in [0.1, 0.15) is 33.6 Å². The van der Waals surface area contributed by atoms with Gasteiger partial charge in [-0.25, -0.2) is 9.97 Å². The minimum Gasteiger partial charge on any atom is -0.494 e. The van der Waals surface area contributed by atoms with Crippen molar-refractivity contribution in [3.8, 4) is 17.0 Å². The number of amides is 1. The second-order valence-electron chi connectivity index (χ2n) is 18.1. The molecule has 0 aliphatic carbocycles. The van der Waals surface area contributed by atoms with Gasteiger partial charge in [-0.1, -0.05) is 99.6 Å². The van der Waals surface area contributed by atoms with Crippen molar-refractivity contribution in [2.75, 3.05) is 63.5 Å². The number of ether oxygens (including phenoxy) is 2. The number of rotatable bonds is 17. The SMILES string of the molecule is COc1cc(N(C)CCN(C)C)c(NC(=O)CC[C@H]2O[C@H](CO[Si](c3ccccc3)(c3ccccc3)C(C)(C)C)[C@@H](O)[C@H](O)[C@H]2O)cc1Nc1nccc(-c2cn(C)c3ccccc23)n1. The fourth-order valence-electron chi connectivity index (χ4n) is 8.82. The normalized spacial score (nSPS) is 19.0. The molecule has 2 aromatic heterocycles. The van der Waals surface area contributed by atoms with E-state index in [1.165, 1.54) is 0 Å². The van der Waals surface area contributed by atoms with E-state index < -0.39 is 38.8 Å². The van der Waals surface area contributed by atoms with E-state index in [1.807, 2.05) is 93.8 Å². The summed E-state index contributed by atoms with van der Waals surface area (Å²) in [6.45, 7) is 7.84. The van der Waals surface area contributed by atoms with Gasteiger partial charge in [-0.05, 0) is 54.1 Å². The second-order valence-corrected chi connectivity index (χ2v) is 22.4. The first-order valence-electron chi connectivity index (χ1n) is 22.1. The van der Waals surface area contributed by atoms with Crippen LogP contribution in [0.2, 0.25) is 5.04 Å². The van der Waals surface area contributed by atoms with Crippen LogP contribution in [0, 0.1) is 0 Å². The van der Waals surface area contributed by atoms with Crippen LogP contribution in [0.15, 0.2) is 116 Å². The Bertz CT molecular complexity index is 2500. The van der Waals surface area contributed by atoms with Gasteiger partial charge in [0.25, 0.3) is 8.32 Å². The van der Waals surface area contributed by atoms with Crippen LogP contribution in [-0.4, -0.2) is 127 Å². The number of aliphatic hydroxyl groups excluding tert-OH is 3. The molecule has 1 saturated heterocycles. The number of nitrogens with zero attached hydrogens (tertiary/aromatic N) is 5. The molecule has 15 heteroatoms. The van der Waals surface area contributed by atoms with E-state index in [-0.39, 0.29) is 30.4 Å². The van der Waals surface area contributed by atoms with Crippen molar-refractivity contribution in [2.24, 2.45) is 7.05 Å². The number of nitrogens with one attached hydrogen (secondary N) is 2. The molecule has 1 aliphatic heterocycles. The molecule has 0 bridgehead atoms. The molecule has 5 N–H and O–H groups in total. The molecule has 65 heavy (non-hydrogen) atoms. The monoisotopic (exact) mass is 901 g/mol. The third kappa shape index (κ3) is 10.3. The number of fused-ring (bicyclic) bond motifs is 1. The predicted molar refractivity (Wildman–Crippen MR) is 260 cm³/mol. The topological polar surface area (TPSA) is 167 Å². The van der Waals surface area contributed by atoms with Gasteiger partial charge in [-0.15, -0.1) is 0 Å². The van der Waals surface area contributed by atoms with Crippen LogP contribution in [0.3, 0.4) is 0 Å². The summed E-state index contributed by atoms with van der Waals surface area (Å²) in [5.74, 6) is 0.526. The standard InChI is InChI=1S/C50H63N7O7Si/c1-50(2,3)65(33-17-11-9-12-18-33,34-19-13-10-14-20-34)63-32-44-47(60)48(61)46(59)42(64-44)23-24-45(58)52-38-29-39(43(62-8)30-41(38)56(6)28-27-55(4)5)54-49-51-26-25-37(53-49)36-31-57(7)40-22-16-15-21-35(36)40/h9-22,25-26,29-31,42,44,46-48,59-61H,23-24,27-28,32H2,1-8H3,(H,52,58)(H,51,53,54)/t42-,44-,46+,47-,48-/m1/s1. The number of benzene rings is 4. The number of aromatic nitrogens is 3. The summed E-state index contributed by atoms with van der Waals surface area (Å²) in [6.07, 6.45) is -2.55. The van der Waals surface area contributed by atoms with Gasteiger partial charge >= 0.3 is 0 Å². The number of para-hydroxylation sites is 1. The summed E-state index contributed by atoms with van der Waals surface area (Å²) in [4.78, 5) is 27.5. The Hall–Kier alpha value is -5.65. The van der Waals surface area contributed by atoms with Gasteiger partial charge in [0.05, 0.1) is 42.6 Å². The van der Waals surface area contributed by atoms with Gasteiger partial charge in [0.2, 0.25) is 11.9 Å². The van der Waals surface area contributed by atoms with Crippen molar-refractivity contribution in [3.63, 3.8) is 0 Å². The molecule has 3 heterocycles. The summed E-state index contributed by atoms with van der Waals surface area (Å²) in [6, 6.07) is 33.9.